The standard InChI is InChI=1S/C13H14BrFN4/c1-8(9-3-5-10(15)6-4-9)19-13-11(14)12(16-2)17-7-18-13/h3-8H,1-2H3,(H2,16,17,18,19). The molecule has 0 bridgehead atoms. The smallest absolute Gasteiger partial charge is 0.146 e. The molecule has 2 N–H and O–H groups in total. The fourth-order valence-corrected chi connectivity index (χ4v) is 2.20. The summed E-state index contributed by atoms with van der Waals surface area (Å²) in [4.78, 5) is 8.28. The zero-order chi connectivity index (χ0) is 13.8. The van der Waals surface area contributed by atoms with Gasteiger partial charge in [-0.25, -0.2) is 14.4 Å². The van der Waals surface area contributed by atoms with Gasteiger partial charge in [0.15, 0.2) is 0 Å². The summed E-state index contributed by atoms with van der Waals surface area (Å²) in [6.07, 6.45) is 1.48. The van der Waals surface area contributed by atoms with E-state index in [1.54, 1.807) is 19.2 Å². The van der Waals surface area contributed by atoms with Crippen LogP contribution in [-0.4, -0.2) is 17.0 Å². The van der Waals surface area contributed by atoms with Crippen molar-refractivity contribution < 1.29 is 4.39 Å². The first-order chi connectivity index (χ1) is 9.11. The number of hydrogen-bond donors (Lipinski definition) is 2. The molecule has 0 spiro atoms. The number of halogens is 2. The van der Waals surface area contributed by atoms with E-state index in [-0.39, 0.29) is 11.9 Å². The summed E-state index contributed by atoms with van der Waals surface area (Å²) in [5.41, 5.74) is 0.984. The first kappa shape index (κ1) is 13.7. The quantitative estimate of drug-likeness (QED) is 0.902. The Hall–Kier alpha value is -1.69. The molecule has 0 aliphatic rings. The lowest BCUT2D eigenvalue weighted by atomic mass is 10.1. The summed E-state index contributed by atoms with van der Waals surface area (Å²) in [5.74, 6) is 1.16. The minimum absolute atomic E-state index is 0.0107. The average Bonchev–Trinajstić information content (AvgIpc) is 2.42. The van der Waals surface area contributed by atoms with E-state index < -0.39 is 0 Å². The molecule has 1 atom stereocenters. The van der Waals surface area contributed by atoms with Crippen LogP contribution in [0.1, 0.15) is 18.5 Å². The summed E-state index contributed by atoms with van der Waals surface area (Å²) in [5, 5.41) is 6.23. The van der Waals surface area contributed by atoms with Crippen molar-refractivity contribution in [2.45, 2.75) is 13.0 Å². The van der Waals surface area contributed by atoms with Crippen molar-refractivity contribution in [3.8, 4) is 0 Å². The van der Waals surface area contributed by atoms with Crippen molar-refractivity contribution in [2.24, 2.45) is 0 Å². The molecule has 0 aliphatic carbocycles. The molecular formula is C13H14BrFN4. The molecule has 1 aromatic carbocycles. The Bertz CT molecular complexity index is 559. The van der Waals surface area contributed by atoms with E-state index in [4.69, 9.17) is 0 Å². The SMILES string of the molecule is CNc1ncnc(NC(C)c2ccc(F)cc2)c1Br. The highest BCUT2D eigenvalue weighted by Crippen LogP contribution is 2.28. The molecule has 100 valence electrons. The lowest BCUT2D eigenvalue weighted by Gasteiger charge is -2.16. The predicted molar refractivity (Wildman–Crippen MR) is 77.7 cm³/mol. The van der Waals surface area contributed by atoms with Gasteiger partial charge in [0, 0.05) is 13.1 Å². The zero-order valence-corrected chi connectivity index (χ0v) is 12.2. The van der Waals surface area contributed by atoms with Crippen LogP contribution in [0.4, 0.5) is 16.0 Å². The number of rotatable bonds is 4. The van der Waals surface area contributed by atoms with Gasteiger partial charge in [0.05, 0.1) is 0 Å². The van der Waals surface area contributed by atoms with E-state index in [1.165, 1.54) is 18.5 Å². The number of hydrogen-bond acceptors (Lipinski definition) is 4. The van der Waals surface area contributed by atoms with Crippen molar-refractivity contribution in [3.63, 3.8) is 0 Å². The van der Waals surface area contributed by atoms with E-state index in [1.807, 2.05) is 6.92 Å². The molecule has 0 saturated carbocycles. The summed E-state index contributed by atoms with van der Waals surface area (Å²) in [7, 11) is 1.79. The molecule has 0 amide bonds. The average molecular weight is 325 g/mol. The van der Waals surface area contributed by atoms with E-state index in [0.29, 0.717) is 11.6 Å². The Morgan fingerprint density at radius 2 is 1.79 bits per heavy atom. The first-order valence-electron chi connectivity index (χ1n) is 5.82. The lowest BCUT2D eigenvalue weighted by molar-refractivity contribution is 0.626. The van der Waals surface area contributed by atoms with E-state index in [0.717, 1.165) is 10.0 Å². The van der Waals surface area contributed by atoms with Gasteiger partial charge in [-0.1, -0.05) is 12.1 Å². The predicted octanol–water partition coefficient (Wildman–Crippen LogP) is 3.59. The van der Waals surface area contributed by atoms with Gasteiger partial charge >= 0.3 is 0 Å². The molecule has 0 radical (unpaired) electrons. The monoisotopic (exact) mass is 324 g/mol. The Morgan fingerprint density at radius 1 is 1.16 bits per heavy atom. The summed E-state index contributed by atoms with van der Waals surface area (Å²) in [6.45, 7) is 1.99. The minimum atomic E-state index is -0.239. The fourth-order valence-electron chi connectivity index (χ4n) is 1.68. The lowest BCUT2D eigenvalue weighted by Crippen LogP contribution is -2.09. The van der Waals surface area contributed by atoms with Gasteiger partial charge in [0.1, 0.15) is 28.3 Å². The molecule has 2 aromatic rings. The van der Waals surface area contributed by atoms with Crippen LogP contribution >= 0.6 is 15.9 Å². The fraction of sp³-hybridized carbons (Fsp3) is 0.231. The molecule has 0 saturated heterocycles. The van der Waals surface area contributed by atoms with Crippen LogP contribution in [0.15, 0.2) is 35.1 Å². The first-order valence-corrected chi connectivity index (χ1v) is 6.61. The van der Waals surface area contributed by atoms with Crippen LogP contribution in [0.5, 0.6) is 0 Å². The van der Waals surface area contributed by atoms with Gasteiger partial charge in [-0.2, -0.15) is 0 Å². The second-order valence-corrected chi connectivity index (χ2v) is 4.85. The maximum atomic E-state index is 12.9. The normalized spacial score (nSPS) is 12.0. The van der Waals surface area contributed by atoms with Crippen molar-refractivity contribution >= 4 is 27.6 Å². The molecule has 2 rings (SSSR count). The Morgan fingerprint density at radius 3 is 2.42 bits per heavy atom. The third-order valence-corrected chi connectivity index (χ3v) is 3.50. The molecule has 6 heteroatoms. The molecule has 4 nitrogen and oxygen atoms in total. The highest BCUT2D eigenvalue weighted by Gasteiger charge is 2.11. The van der Waals surface area contributed by atoms with E-state index >= 15 is 0 Å². The van der Waals surface area contributed by atoms with Gasteiger partial charge in [-0.05, 0) is 40.5 Å². The molecule has 1 aromatic heterocycles. The Kier molecular flexibility index (Phi) is 4.31. The number of benzene rings is 1. The van der Waals surface area contributed by atoms with Crippen LogP contribution < -0.4 is 10.6 Å². The van der Waals surface area contributed by atoms with E-state index in [2.05, 4.69) is 36.5 Å². The second-order valence-electron chi connectivity index (χ2n) is 4.05. The number of aromatic nitrogens is 2. The van der Waals surface area contributed by atoms with Gasteiger partial charge in [0.25, 0.3) is 0 Å². The molecular weight excluding hydrogens is 311 g/mol. The van der Waals surface area contributed by atoms with Crippen LogP contribution in [0.2, 0.25) is 0 Å². The van der Waals surface area contributed by atoms with Crippen LogP contribution in [-0.2, 0) is 0 Å². The molecule has 0 fully saturated rings. The van der Waals surface area contributed by atoms with Crippen molar-refractivity contribution in [2.75, 3.05) is 17.7 Å². The number of anilines is 2. The molecule has 1 unspecified atom stereocenters. The van der Waals surface area contributed by atoms with Crippen molar-refractivity contribution in [1.82, 2.24) is 9.97 Å². The van der Waals surface area contributed by atoms with Gasteiger partial charge < -0.3 is 10.6 Å². The van der Waals surface area contributed by atoms with Gasteiger partial charge in [-0.15, -0.1) is 0 Å². The van der Waals surface area contributed by atoms with Gasteiger partial charge in [-0.3, -0.25) is 0 Å². The Labute approximate surface area is 119 Å². The number of nitrogens with zero attached hydrogens (tertiary/aromatic N) is 2. The maximum Gasteiger partial charge on any atom is 0.146 e. The van der Waals surface area contributed by atoms with Gasteiger partial charge in [0.2, 0.25) is 0 Å². The van der Waals surface area contributed by atoms with Crippen LogP contribution in [0, 0.1) is 5.82 Å². The highest BCUT2D eigenvalue weighted by molar-refractivity contribution is 9.10. The molecule has 1 heterocycles. The highest BCUT2D eigenvalue weighted by atomic mass is 79.9. The maximum absolute atomic E-state index is 12.9. The van der Waals surface area contributed by atoms with Crippen LogP contribution in [0.25, 0.3) is 0 Å². The van der Waals surface area contributed by atoms with Crippen molar-refractivity contribution in [1.29, 1.82) is 0 Å². The summed E-state index contributed by atoms with van der Waals surface area (Å²) >= 11 is 3.44. The van der Waals surface area contributed by atoms with E-state index in [9.17, 15) is 4.39 Å². The summed E-state index contributed by atoms with van der Waals surface area (Å²) < 4.78 is 13.7. The topological polar surface area (TPSA) is 49.8 Å². The molecule has 0 aliphatic heterocycles. The molecule has 19 heavy (non-hydrogen) atoms. The third-order valence-electron chi connectivity index (χ3n) is 2.75. The largest absolute Gasteiger partial charge is 0.372 e. The Balaban J connectivity index is 2.19. The van der Waals surface area contributed by atoms with Crippen LogP contribution in [0.3, 0.4) is 0 Å². The zero-order valence-electron chi connectivity index (χ0n) is 10.6. The second kappa shape index (κ2) is 5.97. The number of nitrogens with one attached hydrogen (secondary N) is 2. The minimum Gasteiger partial charge on any atom is -0.372 e. The van der Waals surface area contributed by atoms with Crippen molar-refractivity contribution in [3.05, 3.63) is 46.4 Å². The summed E-state index contributed by atoms with van der Waals surface area (Å²) in [6, 6.07) is 6.40. The third kappa shape index (κ3) is 3.20.